The van der Waals surface area contributed by atoms with Gasteiger partial charge in [0.25, 0.3) is 0 Å². The second-order valence-corrected chi connectivity index (χ2v) is 8.41. The lowest BCUT2D eigenvalue weighted by atomic mass is 10.1. The van der Waals surface area contributed by atoms with Crippen molar-refractivity contribution < 1.29 is 4.74 Å². The first-order valence-corrected chi connectivity index (χ1v) is 10.9. The molecule has 2 fully saturated rings. The van der Waals surface area contributed by atoms with Gasteiger partial charge in [-0.2, -0.15) is 0 Å². The van der Waals surface area contributed by atoms with Crippen LogP contribution in [0.25, 0.3) is 10.1 Å². The van der Waals surface area contributed by atoms with Crippen molar-refractivity contribution >= 4 is 51.4 Å². The molecule has 1 atom stereocenters. The first kappa shape index (κ1) is 21.8. The van der Waals surface area contributed by atoms with Crippen LogP contribution in [0.1, 0.15) is 12.0 Å². The lowest BCUT2D eigenvalue weighted by Gasteiger charge is -2.37. The fraction of sp³-hybridized carbons (Fsp3) is 0.571. The number of thiophene rings is 1. The minimum Gasteiger partial charge on any atom is -0.381 e. The van der Waals surface area contributed by atoms with E-state index in [1.165, 1.54) is 28.6 Å². The molecule has 0 spiro atoms. The number of halogens is 1. The van der Waals surface area contributed by atoms with Crippen LogP contribution in [0.5, 0.6) is 0 Å². The minimum atomic E-state index is 0. The molecule has 2 aliphatic rings. The number of piperazine rings is 1. The highest BCUT2D eigenvalue weighted by Crippen LogP contribution is 2.25. The van der Waals surface area contributed by atoms with E-state index in [0.717, 1.165) is 64.2 Å². The van der Waals surface area contributed by atoms with E-state index in [1.807, 2.05) is 18.4 Å². The monoisotopic (exact) mass is 514 g/mol. The van der Waals surface area contributed by atoms with E-state index in [1.54, 1.807) is 0 Å². The van der Waals surface area contributed by atoms with Crippen LogP contribution in [0.2, 0.25) is 0 Å². The van der Waals surface area contributed by atoms with Gasteiger partial charge in [-0.1, -0.05) is 18.2 Å². The zero-order valence-electron chi connectivity index (χ0n) is 16.6. The van der Waals surface area contributed by atoms with Crippen LogP contribution in [0.4, 0.5) is 0 Å². The topological polar surface area (TPSA) is 40.1 Å². The fourth-order valence-corrected chi connectivity index (χ4v) is 5.10. The zero-order chi connectivity index (χ0) is 18.5. The van der Waals surface area contributed by atoms with Gasteiger partial charge in [-0.25, -0.2) is 0 Å². The van der Waals surface area contributed by atoms with Gasteiger partial charge < -0.3 is 15.0 Å². The van der Waals surface area contributed by atoms with Crippen LogP contribution in [-0.2, 0) is 11.2 Å². The van der Waals surface area contributed by atoms with E-state index in [4.69, 9.17) is 4.74 Å². The highest BCUT2D eigenvalue weighted by Gasteiger charge is 2.23. The summed E-state index contributed by atoms with van der Waals surface area (Å²) in [6, 6.07) is 8.67. The SMILES string of the molecule is CN=C(NCCc1csc2ccccc12)N1CCN(CC2CCOC2)CC1.I. The van der Waals surface area contributed by atoms with E-state index < -0.39 is 0 Å². The van der Waals surface area contributed by atoms with E-state index in [0.29, 0.717) is 0 Å². The molecule has 2 aliphatic heterocycles. The minimum absolute atomic E-state index is 0. The van der Waals surface area contributed by atoms with Crippen LogP contribution in [0, 0.1) is 5.92 Å². The predicted molar refractivity (Wildman–Crippen MR) is 129 cm³/mol. The van der Waals surface area contributed by atoms with Crippen LogP contribution in [-0.4, -0.2) is 75.3 Å². The van der Waals surface area contributed by atoms with Crippen molar-refractivity contribution in [2.75, 3.05) is 59.5 Å². The van der Waals surface area contributed by atoms with Crippen LogP contribution >= 0.6 is 35.3 Å². The number of guanidine groups is 1. The number of fused-ring (bicyclic) bond motifs is 1. The Hall–Kier alpha value is -0.900. The van der Waals surface area contributed by atoms with Crippen molar-refractivity contribution in [3.63, 3.8) is 0 Å². The largest absolute Gasteiger partial charge is 0.381 e. The first-order chi connectivity index (χ1) is 13.3. The quantitative estimate of drug-likeness (QED) is 0.378. The van der Waals surface area contributed by atoms with Gasteiger partial charge in [-0.15, -0.1) is 35.3 Å². The van der Waals surface area contributed by atoms with Crippen molar-refractivity contribution in [3.8, 4) is 0 Å². The summed E-state index contributed by atoms with van der Waals surface area (Å²) in [4.78, 5) is 9.50. The Kier molecular flexibility index (Phi) is 8.37. The average Bonchev–Trinajstić information content (AvgIpc) is 3.36. The summed E-state index contributed by atoms with van der Waals surface area (Å²) in [7, 11) is 1.89. The van der Waals surface area contributed by atoms with Gasteiger partial charge in [-0.05, 0) is 41.2 Å². The highest BCUT2D eigenvalue weighted by atomic mass is 127. The predicted octanol–water partition coefficient (Wildman–Crippen LogP) is 3.29. The molecule has 0 saturated carbocycles. The molecule has 1 unspecified atom stereocenters. The molecule has 0 radical (unpaired) electrons. The Morgan fingerprint density at radius 2 is 2.07 bits per heavy atom. The van der Waals surface area contributed by atoms with Gasteiger partial charge in [0, 0.05) is 57.6 Å². The van der Waals surface area contributed by atoms with E-state index in [9.17, 15) is 0 Å². The Balaban J connectivity index is 0.00000225. The molecule has 1 N–H and O–H groups in total. The standard InChI is InChI=1S/C21H30N4OS.HI/c1-22-21(23-8-6-18-16-27-20-5-3-2-4-19(18)20)25-11-9-24(10-12-25)14-17-7-13-26-15-17;/h2-5,16-17H,6-15H2,1H3,(H,22,23);1H. The second kappa shape index (κ2) is 10.8. The Morgan fingerprint density at radius 3 is 2.82 bits per heavy atom. The van der Waals surface area contributed by atoms with E-state index in [2.05, 4.69) is 49.8 Å². The number of ether oxygens (including phenoxy) is 1. The molecule has 1 aromatic carbocycles. The average molecular weight is 514 g/mol. The molecule has 1 aromatic heterocycles. The molecule has 0 bridgehead atoms. The number of rotatable bonds is 5. The molecule has 2 aromatic rings. The zero-order valence-corrected chi connectivity index (χ0v) is 19.7. The van der Waals surface area contributed by atoms with Gasteiger partial charge in [-0.3, -0.25) is 9.89 Å². The van der Waals surface area contributed by atoms with Crippen LogP contribution in [0.3, 0.4) is 0 Å². The molecule has 5 nitrogen and oxygen atoms in total. The Morgan fingerprint density at radius 1 is 1.25 bits per heavy atom. The molecular formula is C21H31IN4OS. The third kappa shape index (κ3) is 5.37. The lowest BCUT2D eigenvalue weighted by molar-refractivity contribution is 0.139. The maximum Gasteiger partial charge on any atom is 0.193 e. The Bertz CT molecular complexity index is 767. The molecule has 4 rings (SSSR count). The molecule has 0 aliphatic carbocycles. The van der Waals surface area contributed by atoms with Gasteiger partial charge in [0.05, 0.1) is 6.61 Å². The van der Waals surface area contributed by atoms with Crippen LogP contribution in [0.15, 0.2) is 34.6 Å². The van der Waals surface area contributed by atoms with E-state index >= 15 is 0 Å². The van der Waals surface area contributed by atoms with Gasteiger partial charge in [0.1, 0.15) is 0 Å². The number of hydrogen-bond acceptors (Lipinski definition) is 4. The summed E-state index contributed by atoms with van der Waals surface area (Å²) >= 11 is 1.84. The number of benzene rings is 1. The lowest BCUT2D eigenvalue weighted by Crippen LogP contribution is -2.53. The molecule has 2 saturated heterocycles. The van der Waals surface area contributed by atoms with Crippen molar-refractivity contribution in [1.29, 1.82) is 0 Å². The number of aliphatic imine (C=N–C) groups is 1. The van der Waals surface area contributed by atoms with Gasteiger partial charge in [0.15, 0.2) is 5.96 Å². The smallest absolute Gasteiger partial charge is 0.193 e. The molecule has 154 valence electrons. The van der Waals surface area contributed by atoms with Crippen molar-refractivity contribution in [1.82, 2.24) is 15.1 Å². The summed E-state index contributed by atoms with van der Waals surface area (Å²) in [5.41, 5.74) is 1.43. The normalized spacial score (nSPS) is 21.1. The maximum atomic E-state index is 5.51. The summed E-state index contributed by atoms with van der Waals surface area (Å²) in [5, 5.41) is 7.26. The summed E-state index contributed by atoms with van der Waals surface area (Å²) < 4.78 is 6.89. The third-order valence-electron chi connectivity index (χ3n) is 5.66. The molecular weight excluding hydrogens is 483 g/mol. The highest BCUT2D eigenvalue weighted by molar-refractivity contribution is 14.0. The second-order valence-electron chi connectivity index (χ2n) is 7.50. The van der Waals surface area contributed by atoms with Crippen molar-refractivity contribution in [2.24, 2.45) is 10.9 Å². The molecule has 3 heterocycles. The fourth-order valence-electron chi connectivity index (χ4n) is 4.10. The van der Waals surface area contributed by atoms with Gasteiger partial charge >= 0.3 is 0 Å². The van der Waals surface area contributed by atoms with Crippen LogP contribution < -0.4 is 5.32 Å². The summed E-state index contributed by atoms with van der Waals surface area (Å²) in [5.74, 6) is 1.77. The van der Waals surface area contributed by atoms with Gasteiger partial charge in [0.2, 0.25) is 0 Å². The van der Waals surface area contributed by atoms with E-state index in [-0.39, 0.29) is 24.0 Å². The van der Waals surface area contributed by atoms with Crippen molar-refractivity contribution in [2.45, 2.75) is 12.8 Å². The Labute approximate surface area is 189 Å². The number of hydrogen-bond donors (Lipinski definition) is 1. The molecule has 7 heteroatoms. The summed E-state index contributed by atoms with van der Waals surface area (Å²) in [6.45, 7) is 8.33. The number of nitrogens with zero attached hydrogens (tertiary/aromatic N) is 3. The molecule has 0 amide bonds. The summed E-state index contributed by atoms with van der Waals surface area (Å²) in [6.07, 6.45) is 2.26. The first-order valence-electron chi connectivity index (χ1n) is 10.0. The molecule has 28 heavy (non-hydrogen) atoms. The number of nitrogens with one attached hydrogen (secondary N) is 1. The third-order valence-corrected chi connectivity index (χ3v) is 6.67. The maximum absolute atomic E-state index is 5.51. The van der Waals surface area contributed by atoms with Crippen molar-refractivity contribution in [3.05, 3.63) is 35.2 Å².